The Morgan fingerprint density at radius 3 is 1.08 bits per heavy atom. The first kappa shape index (κ1) is 57.9. The van der Waals surface area contributed by atoms with Gasteiger partial charge in [-0.15, -0.1) is 0 Å². The minimum absolute atomic E-state index is 0.0793. The molecule has 2 N–H and O–H groups in total. The number of carbonyl (C=O) groups is 5. The molecule has 2 aliphatic rings. The maximum atomic E-state index is 13.8. The van der Waals surface area contributed by atoms with Crippen LogP contribution in [0, 0.1) is 0 Å². The van der Waals surface area contributed by atoms with E-state index in [-0.39, 0.29) is 77.1 Å². The number of unbranched alkanes of at least 4 members (excludes halogenated alkanes) is 2. The van der Waals surface area contributed by atoms with E-state index >= 15 is 0 Å². The molecule has 22 nitrogen and oxygen atoms in total. The van der Waals surface area contributed by atoms with Crippen molar-refractivity contribution in [2.75, 3.05) is 191 Å². The number of carboxylic acids is 1. The van der Waals surface area contributed by atoms with E-state index in [1.165, 1.54) is 17.1 Å². The number of imide groups is 1. The fraction of sp³-hybridized carbons (Fsp3) is 0.837. The zero-order valence-electron chi connectivity index (χ0n) is 38.2. The zero-order chi connectivity index (χ0) is 46.7. The fourth-order valence-corrected chi connectivity index (χ4v) is 5.82. The fourth-order valence-electron chi connectivity index (χ4n) is 5.82. The van der Waals surface area contributed by atoms with Crippen LogP contribution >= 0.6 is 0 Å². The molecule has 2 rings (SSSR count). The van der Waals surface area contributed by atoms with Crippen LogP contribution < -0.4 is 5.32 Å². The molecule has 4 amide bonds. The van der Waals surface area contributed by atoms with Gasteiger partial charge in [0.2, 0.25) is 11.8 Å². The molecule has 0 bridgehead atoms. The summed E-state index contributed by atoms with van der Waals surface area (Å²) in [4.78, 5) is 64.4. The quantitative estimate of drug-likeness (QED) is 0.203. The summed E-state index contributed by atoms with van der Waals surface area (Å²) in [6.45, 7) is 10.6. The molecule has 0 radical (unpaired) electrons. The Hall–Kier alpha value is -3.23. The van der Waals surface area contributed by atoms with Crippen molar-refractivity contribution in [2.45, 2.75) is 44.6 Å². The lowest BCUT2D eigenvalue weighted by atomic mass is 10.1. The van der Waals surface area contributed by atoms with Gasteiger partial charge in [0.25, 0.3) is 11.8 Å². The van der Waals surface area contributed by atoms with E-state index in [0.717, 1.165) is 4.90 Å². The van der Waals surface area contributed by atoms with Crippen LogP contribution in [0.25, 0.3) is 0 Å². The van der Waals surface area contributed by atoms with Crippen molar-refractivity contribution in [2.24, 2.45) is 0 Å². The summed E-state index contributed by atoms with van der Waals surface area (Å²) >= 11 is 0. The van der Waals surface area contributed by atoms with Crippen LogP contribution in [0.5, 0.6) is 0 Å². The molecule has 0 aromatic rings. The molecule has 376 valence electrons. The van der Waals surface area contributed by atoms with Crippen LogP contribution in [0.2, 0.25) is 0 Å². The van der Waals surface area contributed by atoms with E-state index in [2.05, 4.69) is 5.32 Å². The maximum Gasteiger partial charge on any atom is 0.303 e. The van der Waals surface area contributed by atoms with E-state index < -0.39 is 23.8 Å². The van der Waals surface area contributed by atoms with Crippen LogP contribution in [0.1, 0.15) is 38.5 Å². The number of carbonyl (C=O) groups excluding carboxylic acids is 4. The van der Waals surface area contributed by atoms with Gasteiger partial charge in [0, 0.05) is 44.6 Å². The highest BCUT2D eigenvalue weighted by molar-refractivity contribution is 6.12. The summed E-state index contributed by atoms with van der Waals surface area (Å²) in [7, 11) is 0. The zero-order valence-corrected chi connectivity index (χ0v) is 38.2. The van der Waals surface area contributed by atoms with Crippen LogP contribution in [-0.4, -0.2) is 242 Å². The molecule has 0 aromatic heterocycles. The lowest BCUT2D eigenvalue weighted by Gasteiger charge is -2.28. The van der Waals surface area contributed by atoms with E-state index in [4.69, 9.17) is 61.6 Å². The SMILES string of the molecule is O=C(O)CC[C@H](NC(=O)CCCCCN1C(=O)C=CC1=O)C(=O)N1CCOCCOCCOCCOCCOCCOCCOCCOCCOCCOCCOCCOCCOCC1. The lowest BCUT2D eigenvalue weighted by molar-refractivity contribution is -0.140. The molecule has 0 aliphatic carbocycles. The summed E-state index contributed by atoms with van der Waals surface area (Å²) in [6, 6.07) is -1.09. The minimum Gasteiger partial charge on any atom is -0.481 e. The third-order valence-corrected chi connectivity index (χ3v) is 9.25. The van der Waals surface area contributed by atoms with Gasteiger partial charge in [-0.1, -0.05) is 6.42 Å². The van der Waals surface area contributed by atoms with E-state index in [9.17, 15) is 29.1 Å². The molecule has 22 heteroatoms. The second kappa shape index (κ2) is 42.1. The molecule has 2 aliphatic heterocycles. The lowest BCUT2D eigenvalue weighted by Crippen LogP contribution is -2.50. The van der Waals surface area contributed by atoms with Crippen molar-refractivity contribution in [3.63, 3.8) is 0 Å². The molecule has 1 fully saturated rings. The highest BCUT2D eigenvalue weighted by Crippen LogP contribution is 2.10. The van der Waals surface area contributed by atoms with Crippen molar-refractivity contribution in [1.82, 2.24) is 15.1 Å². The Kier molecular flexibility index (Phi) is 37.5. The number of amides is 4. The topological polar surface area (TPSA) is 244 Å². The molecule has 2 heterocycles. The molecule has 1 atom stereocenters. The first-order valence-electron chi connectivity index (χ1n) is 22.7. The van der Waals surface area contributed by atoms with Gasteiger partial charge in [-0.25, -0.2) is 0 Å². The van der Waals surface area contributed by atoms with E-state index in [0.29, 0.717) is 165 Å². The van der Waals surface area contributed by atoms with Crippen LogP contribution in [0.15, 0.2) is 12.2 Å². The number of carboxylic acid groups (broad SMARTS) is 1. The molecule has 0 saturated carbocycles. The van der Waals surface area contributed by atoms with Gasteiger partial charge < -0.3 is 76.9 Å². The summed E-state index contributed by atoms with van der Waals surface area (Å²) < 4.78 is 72.2. The van der Waals surface area contributed by atoms with E-state index in [1.807, 2.05) is 0 Å². The number of nitrogens with one attached hydrogen (secondary N) is 1. The largest absolute Gasteiger partial charge is 0.481 e. The normalized spacial score (nSPS) is 21.1. The standard InChI is InChI=1S/C43H75N3O19/c47-39(4-2-1-3-9-46-40(48)6-7-41(46)49)44-38(5-8-42(50)51)43(52)45-10-12-53-14-16-55-18-20-57-22-24-59-26-28-61-30-32-63-34-36-65-37-35-64-33-31-62-29-27-60-25-23-58-21-19-56-17-15-54-13-11-45/h6-7,38H,1-5,8-37H2,(H,44,47)(H,50,51)/t38-/m0/s1. The van der Waals surface area contributed by atoms with Crippen molar-refractivity contribution in [3.05, 3.63) is 12.2 Å². The van der Waals surface area contributed by atoms with Gasteiger partial charge in [0.15, 0.2) is 0 Å². The monoisotopic (exact) mass is 937 g/mol. The average Bonchev–Trinajstić information content (AvgIpc) is 3.62. The predicted octanol–water partition coefficient (Wildman–Crippen LogP) is -0.121. The van der Waals surface area contributed by atoms with Crippen molar-refractivity contribution >= 4 is 29.6 Å². The molecular formula is C43H75N3O19. The van der Waals surface area contributed by atoms with Gasteiger partial charge in [0.05, 0.1) is 172 Å². The van der Waals surface area contributed by atoms with Crippen LogP contribution in [-0.2, 0) is 85.6 Å². The molecule has 1 saturated heterocycles. The van der Waals surface area contributed by atoms with Gasteiger partial charge in [0.1, 0.15) is 6.04 Å². The van der Waals surface area contributed by atoms with Gasteiger partial charge in [-0.2, -0.15) is 0 Å². The Labute approximate surface area is 383 Å². The maximum absolute atomic E-state index is 13.8. The Bertz CT molecular complexity index is 1200. The summed E-state index contributed by atoms with van der Waals surface area (Å²) in [6.07, 6.45) is 3.61. The molecule has 0 unspecified atom stereocenters. The third kappa shape index (κ3) is 33.8. The Balaban J connectivity index is 1.79. The Morgan fingerprint density at radius 1 is 0.462 bits per heavy atom. The summed E-state index contributed by atoms with van der Waals surface area (Å²) in [5.41, 5.74) is 0. The minimum atomic E-state index is -1.10. The summed E-state index contributed by atoms with van der Waals surface area (Å²) in [5.74, 6) is -2.70. The number of nitrogens with zero attached hydrogens (tertiary/aromatic N) is 2. The first-order chi connectivity index (χ1) is 31.9. The molecule has 65 heavy (non-hydrogen) atoms. The second-order valence-corrected chi connectivity index (χ2v) is 14.3. The first-order valence-corrected chi connectivity index (χ1v) is 22.7. The Morgan fingerprint density at radius 2 is 0.769 bits per heavy atom. The number of ether oxygens (including phenoxy) is 13. The molecule has 0 spiro atoms. The smallest absolute Gasteiger partial charge is 0.303 e. The van der Waals surface area contributed by atoms with Crippen molar-refractivity contribution < 1.29 is 90.7 Å². The number of rotatable bonds is 11. The number of aliphatic carboxylic acids is 1. The van der Waals surface area contributed by atoms with E-state index in [1.54, 1.807) is 0 Å². The van der Waals surface area contributed by atoms with Gasteiger partial charge in [-0.05, 0) is 19.3 Å². The highest BCUT2D eigenvalue weighted by Gasteiger charge is 2.27. The van der Waals surface area contributed by atoms with Gasteiger partial charge >= 0.3 is 5.97 Å². The van der Waals surface area contributed by atoms with Crippen molar-refractivity contribution in [3.8, 4) is 0 Å². The average molecular weight is 938 g/mol. The number of hydrogen-bond donors (Lipinski definition) is 2. The summed E-state index contributed by atoms with van der Waals surface area (Å²) in [5, 5.41) is 12.1. The second-order valence-electron chi connectivity index (χ2n) is 14.3. The van der Waals surface area contributed by atoms with Gasteiger partial charge in [-0.3, -0.25) is 28.9 Å². The third-order valence-electron chi connectivity index (χ3n) is 9.25. The highest BCUT2D eigenvalue weighted by atomic mass is 16.6. The van der Waals surface area contributed by atoms with Crippen molar-refractivity contribution in [1.29, 1.82) is 0 Å². The molecule has 0 aromatic carbocycles. The predicted molar refractivity (Wildman–Crippen MR) is 230 cm³/mol. The molecular weight excluding hydrogens is 862 g/mol. The van der Waals surface area contributed by atoms with Crippen LogP contribution in [0.4, 0.5) is 0 Å². The van der Waals surface area contributed by atoms with Crippen LogP contribution in [0.3, 0.4) is 0 Å². The number of hydrogen-bond acceptors (Lipinski definition) is 18.